The SMILES string of the molecule is COC(=O)c1nnn(CC(O)CO)c1-c1sc(C)nc1C. The standard InChI is InChI=1S/C12H16N4O4S/c1-6-11(21-7(2)13-6)10-9(12(19)20-3)14-15-16(10)4-8(18)5-17/h8,17-18H,4-5H2,1-3H3. The molecule has 0 bridgehead atoms. The molecule has 1 unspecified atom stereocenters. The van der Waals surface area contributed by atoms with Crippen molar-refractivity contribution in [2.45, 2.75) is 26.5 Å². The van der Waals surface area contributed by atoms with E-state index in [0.29, 0.717) is 5.69 Å². The van der Waals surface area contributed by atoms with Crippen molar-refractivity contribution in [2.24, 2.45) is 0 Å². The van der Waals surface area contributed by atoms with Crippen LogP contribution in [0.2, 0.25) is 0 Å². The maximum absolute atomic E-state index is 11.8. The molecule has 2 rings (SSSR count). The number of aryl methyl sites for hydroxylation is 2. The van der Waals surface area contributed by atoms with E-state index in [1.54, 1.807) is 0 Å². The second-order valence-corrected chi connectivity index (χ2v) is 5.65. The van der Waals surface area contributed by atoms with E-state index in [0.717, 1.165) is 15.6 Å². The molecule has 1 atom stereocenters. The van der Waals surface area contributed by atoms with Crippen molar-refractivity contribution in [3.63, 3.8) is 0 Å². The van der Waals surface area contributed by atoms with Gasteiger partial charge in [-0.05, 0) is 13.8 Å². The minimum absolute atomic E-state index is 0.0201. The lowest BCUT2D eigenvalue weighted by molar-refractivity contribution is 0.0594. The maximum Gasteiger partial charge on any atom is 0.360 e. The molecule has 0 spiro atoms. The molecule has 0 aromatic carbocycles. The lowest BCUT2D eigenvalue weighted by Gasteiger charge is -2.10. The number of carbonyl (C=O) groups excluding carboxylic acids is 1. The third-order valence-corrected chi connectivity index (χ3v) is 3.91. The summed E-state index contributed by atoms with van der Waals surface area (Å²) in [5.41, 5.74) is 1.25. The number of thiazole rings is 1. The lowest BCUT2D eigenvalue weighted by Crippen LogP contribution is -2.21. The number of ether oxygens (including phenoxy) is 1. The predicted molar refractivity (Wildman–Crippen MR) is 75.0 cm³/mol. The van der Waals surface area contributed by atoms with Crippen LogP contribution < -0.4 is 0 Å². The van der Waals surface area contributed by atoms with Crippen LogP contribution in [0.1, 0.15) is 21.2 Å². The second kappa shape index (κ2) is 6.29. The van der Waals surface area contributed by atoms with E-state index < -0.39 is 18.7 Å². The molecule has 0 radical (unpaired) electrons. The average Bonchev–Trinajstić information content (AvgIpc) is 3.00. The van der Waals surface area contributed by atoms with E-state index in [9.17, 15) is 9.90 Å². The summed E-state index contributed by atoms with van der Waals surface area (Å²) in [6.45, 7) is 3.29. The second-order valence-electron chi connectivity index (χ2n) is 4.44. The molecule has 0 aliphatic rings. The van der Waals surface area contributed by atoms with Crippen molar-refractivity contribution in [2.75, 3.05) is 13.7 Å². The average molecular weight is 312 g/mol. The summed E-state index contributed by atoms with van der Waals surface area (Å²) in [6.07, 6.45) is -0.995. The summed E-state index contributed by atoms with van der Waals surface area (Å²) in [6, 6.07) is 0. The number of rotatable bonds is 5. The smallest absolute Gasteiger partial charge is 0.360 e. The molecule has 2 aromatic rings. The van der Waals surface area contributed by atoms with Crippen LogP contribution in [0.3, 0.4) is 0 Å². The number of nitrogens with zero attached hydrogens (tertiary/aromatic N) is 4. The van der Waals surface area contributed by atoms with Gasteiger partial charge in [-0.1, -0.05) is 5.21 Å². The van der Waals surface area contributed by atoms with Gasteiger partial charge < -0.3 is 14.9 Å². The molecule has 0 saturated heterocycles. The van der Waals surface area contributed by atoms with Crippen LogP contribution in [0.25, 0.3) is 10.6 Å². The Hall–Kier alpha value is -1.84. The Balaban J connectivity index is 2.55. The molecular formula is C12H16N4O4S. The zero-order chi connectivity index (χ0) is 15.6. The number of aliphatic hydroxyl groups is 2. The molecule has 0 fully saturated rings. The largest absolute Gasteiger partial charge is 0.464 e. The third-order valence-electron chi connectivity index (χ3n) is 2.83. The quantitative estimate of drug-likeness (QED) is 0.756. The first kappa shape index (κ1) is 15.5. The molecule has 9 heteroatoms. The van der Waals surface area contributed by atoms with Gasteiger partial charge in [-0.3, -0.25) is 0 Å². The lowest BCUT2D eigenvalue weighted by atomic mass is 10.2. The van der Waals surface area contributed by atoms with Crippen LogP contribution in [0, 0.1) is 13.8 Å². The molecule has 0 amide bonds. The highest BCUT2D eigenvalue weighted by atomic mass is 32.1. The summed E-state index contributed by atoms with van der Waals surface area (Å²) >= 11 is 1.40. The third kappa shape index (κ3) is 3.09. The normalized spacial score (nSPS) is 12.4. The monoisotopic (exact) mass is 312 g/mol. The van der Waals surface area contributed by atoms with E-state index in [1.807, 2.05) is 13.8 Å². The van der Waals surface area contributed by atoms with Crippen molar-refractivity contribution in [1.29, 1.82) is 0 Å². The summed E-state index contributed by atoms with van der Waals surface area (Å²) in [5.74, 6) is -0.611. The molecule has 21 heavy (non-hydrogen) atoms. The summed E-state index contributed by atoms with van der Waals surface area (Å²) in [7, 11) is 1.26. The summed E-state index contributed by atoms with van der Waals surface area (Å²) in [4.78, 5) is 16.9. The van der Waals surface area contributed by atoms with Gasteiger partial charge in [0.2, 0.25) is 0 Å². The molecular weight excluding hydrogens is 296 g/mol. The molecule has 0 aliphatic heterocycles. The Bertz CT molecular complexity index is 652. The zero-order valence-electron chi connectivity index (χ0n) is 11.9. The number of methoxy groups -OCH3 is 1. The Morgan fingerprint density at radius 3 is 2.71 bits per heavy atom. The minimum atomic E-state index is -0.995. The first-order chi connectivity index (χ1) is 9.97. The van der Waals surface area contributed by atoms with Crippen molar-refractivity contribution in [3.8, 4) is 10.6 Å². The highest BCUT2D eigenvalue weighted by Gasteiger charge is 2.25. The van der Waals surface area contributed by atoms with Crippen molar-refractivity contribution in [3.05, 3.63) is 16.4 Å². The van der Waals surface area contributed by atoms with Gasteiger partial charge >= 0.3 is 5.97 Å². The van der Waals surface area contributed by atoms with Crippen LogP contribution in [0.15, 0.2) is 0 Å². The van der Waals surface area contributed by atoms with Gasteiger partial charge in [0.25, 0.3) is 0 Å². The predicted octanol–water partition coefficient (Wildman–Crippen LogP) is 0.158. The zero-order valence-corrected chi connectivity index (χ0v) is 12.7. The van der Waals surface area contributed by atoms with Crippen molar-refractivity contribution >= 4 is 17.3 Å². The van der Waals surface area contributed by atoms with Crippen molar-refractivity contribution in [1.82, 2.24) is 20.0 Å². The fourth-order valence-corrected chi connectivity index (χ4v) is 2.88. The van der Waals surface area contributed by atoms with E-state index in [4.69, 9.17) is 9.84 Å². The van der Waals surface area contributed by atoms with Crippen LogP contribution in [-0.2, 0) is 11.3 Å². The topological polar surface area (TPSA) is 110 Å². The summed E-state index contributed by atoms with van der Waals surface area (Å²) in [5, 5.41) is 27.1. The molecule has 0 saturated carbocycles. The van der Waals surface area contributed by atoms with E-state index in [-0.39, 0.29) is 12.2 Å². The van der Waals surface area contributed by atoms with Gasteiger partial charge in [0.1, 0.15) is 5.69 Å². The van der Waals surface area contributed by atoms with Crippen LogP contribution in [0.4, 0.5) is 0 Å². The number of hydrogen-bond donors (Lipinski definition) is 2. The van der Waals surface area contributed by atoms with Crippen molar-refractivity contribution < 1.29 is 19.7 Å². The van der Waals surface area contributed by atoms with Gasteiger partial charge in [-0.15, -0.1) is 16.4 Å². The van der Waals surface area contributed by atoms with Gasteiger partial charge in [0.15, 0.2) is 5.69 Å². The first-order valence-electron chi connectivity index (χ1n) is 6.23. The van der Waals surface area contributed by atoms with E-state index >= 15 is 0 Å². The Morgan fingerprint density at radius 1 is 1.48 bits per heavy atom. The van der Waals surface area contributed by atoms with Gasteiger partial charge in [-0.2, -0.15) is 0 Å². The van der Waals surface area contributed by atoms with Gasteiger partial charge in [0.05, 0.1) is 41.9 Å². The van der Waals surface area contributed by atoms with E-state index in [2.05, 4.69) is 15.3 Å². The fourth-order valence-electron chi connectivity index (χ4n) is 1.91. The fraction of sp³-hybridized carbons (Fsp3) is 0.500. The maximum atomic E-state index is 11.8. The van der Waals surface area contributed by atoms with Crippen LogP contribution >= 0.6 is 11.3 Å². The van der Waals surface area contributed by atoms with Crippen LogP contribution in [0.5, 0.6) is 0 Å². The number of carbonyl (C=O) groups is 1. The van der Waals surface area contributed by atoms with Gasteiger partial charge in [0, 0.05) is 0 Å². The Morgan fingerprint density at radius 2 is 2.19 bits per heavy atom. The molecule has 2 heterocycles. The number of esters is 1. The summed E-state index contributed by atoms with van der Waals surface area (Å²) < 4.78 is 6.09. The molecule has 114 valence electrons. The molecule has 2 aromatic heterocycles. The number of aliphatic hydroxyl groups excluding tert-OH is 2. The Labute approximate surface area is 125 Å². The highest BCUT2D eigenvalue weighted by Crippen LogP contribution is 2.31. The Kier molecular flexibility index (Phi) is 4.66. The molecule has 8 nitrogen and oxygen atoms in total. The number of aromatic nitrogens is 4. The first-order valence-corrected chi connectivity index (χ1v) is 7.04. The van der Waals surface area contributed by atoms with E-state index in [1.165, 1.54) is 23.1 Å². The highest BCUT2D eigenvalue weighted by molar-refractivity contribution is 7.15. The number of hydrogen-bond acceptors (Lipinski definition) is 8. The van der Waals surface area contributed by atoms with Crippen LogP contribution in [-0.4, -0.2) is 56.0 Å². The molecule has 2 N–H and O–H groups in total. The van der Waals surface area contributed by atoms with Gasteiger partial charge in [-0.25, -0.2) is 14.5 Å². The minimum Gasteiger partial charge on any atom is -0.464 e. The molecule has 0 aliphatic carbocycles.